The van der Waals surface area contributed by atoms with Crippen molar-refractivity contribution in [3.63, 3.8) is 0 Å². The normalized spacial score (nSPS) is 14.8. The molecule has 0 spiro atoms. The summed E-state index contributed by atoms with van der Waals surface area (Å²) in [4.78, 5) is 10.2. The zero-order chi connectivity index (χ0) is 11.8. The second-order valence-corrected chi connectivity index (χ2v) is 3.31. The minimum Gasteiger partial charge on any atom is -0.872 e. The summed E-state index contributed by atoms with van der Waals surface area (Å²) in [7, 11) is 0. The summed E-state index contributed by atoms with van der Waals surface area (Å²) in [5.74, 6) is -1.35. The summed E-state index contributed by atoms with van der Waals surface area (Å²) in [5.41, 5.74) is 0.0347. The van der Waals surface area contributed by atoms with E-state index in [1.54, 1.807) is 0 Å². The molecular weight excluding hydrogens is 210 g/mol. The Labute approximate surface area is 93.7 Å². The number of carboxylic acid groups (broad SMARTS) is 1. The molecule has 16 heavy (non-hydrogen) atoms. The number of aromatic carboxylic acids is 1. The average Bonchev–Trinajstić information content (AvgIpc) is 2.32. The van der Waals surface area contributed by atoms with Crippen LogP contribution < -0.4 is 10.4 Å². The van der Waals surface area contributed by atoms with E-state index in [0.29, 0.717) is 0 Å². The van der Waals surface area contributed by atoms with Crippen molar-refractivity contribution in [2.75, 3.05) is 26.3 Å². The molecule has 1 saturated heterocycles. The second-order valence-electron chi connectivity index (χ2n) is 3.31. The highest BCUT2D eigenvalue weighted by Crippen LogP contribution is 2.06. The molecule has 0 aromatic heterocycles. The highest BCUT2D eigenvalue weighted by Gasteiger charge is 1.98. The number of nitrogens with two attached hydrogens (primary N) is 1. The standard InChI is InChI=1S/C7H6O3.C4H9NO/c8-6-3-1-2-5(4-6)7(9)10;1-3-6-4-2-5-1/h1-4,8H,(H,9,10);5H,1-4H2. The largest absolute Gasteiger partial charge is 0.872 e. The third-order valence-corrected chi connectivity index (χ3v) is 2.01. The molecule has 1 fully saturated rings. The summed E-state index contributed by atoms with van der Waals surface area (Å²) in [6.07, 6.45) is 0. The van der Waals surface area contributed by atoms with Crippen LogP contribution in [0.3, 0.4) is 0 Å². The van der Waals surface area contributed by atoms with Crippen LogP contribution in [0.25, 0.3) is 0 Å². The lowest BCUT2D eigenvalue weighted by molar-refractivity contribution is -0.670. The van der Waals surface area contributed by atoms with Gasteiger partial charge in [-0.1, -0.05) is 18.2 Å². The van der Waals surface area contributed by atoms with E-state index in [1.165, 1.54) is 18.2 Å². The van der Waals surface area contributed by atoms with E-state index >= 15 is 0 Å². The van der Waals surface area contributed by atoms with E-state index < -0.39 is 5.97 Å². The molecule has 1 aromatic rings. The van der Waals surface area contributed by atoms with Gasteiger partial charge in [0.15, 0.2) is 0 Å². The maximum atomic E-state index is 10.5. The number of quaternary nitrogens is 1. The molecule has 0 atom stereocenters. The summed E-state index contributed by atoms with van der Waals surface area (Å²) in [5, 5.41) is 21.2. The fourth-order valence-corrected chi connectivity index (χ4v) is 1.21. The molecule has 1 aromatic carbocycles. The van der Waals surface area contributed by atoms with Crippen molar-refractivity contribution < 1.29 is 25.1 Å². The van der Waals surface area contributed by atoms with E-state index in [-0.39, 0.29) is 11.3 Å². The zero-order valence-electron chi connectivity index (χ0n) is 8.89. The van der Waals surface area contributed by atoms with Gasteiger partial charge in [0.25, 0.3) is 0 Å². The predicted molar refractivity (Wildman–Crippen MR) is 55.3 cm³/mol. The summed E-state index contributed by atoms with van der Waals surface area (Å²) >= 11 is 0. The van der Waals surface area contributed by atoms with Crippen molar-refractivity contribution in [2.45, 2.75) is 0 Å². The van der Waals surface area contributed by atoms with Gasteiger partial charge in [-0.25, -0.2) is 4.79 Å². The number of rotatable bonds is 1. The van der Waals surface area contributed by atoms with Crippen molar-refractivity contribution in [2.24, 2.45) is 0 Å². The van der Waals surface area contributed by atoms with Gasteiger partial charge in [-0.2, -0.15) is 0 Å². The first-order valence-corrected chi connectivity index (χ1v) is 5.10. The number of carboxylic acids is 1. The Morgan fingerprint density at radius 3 is 2.38 bits per heavy atom. The maximum absolute atomic E-state index is 10.5. The molecule has 0 bridgehead atoms. The summed E-state index contributed by atoms with van der Waals surface area (Å²) < 4.78 is 5.04. The first-order chi connectivity index (χ1) is 7.70. The quantitative estimate of drug-likeness (QED) is 0.644. The van der Waals surface area contributed by atoms with Crippen LogP contribution in [0.5, 0.6) is 5.75 Å². The van der Waals surface area contributed by atoms with Gasteiger partial charge in [0.1, 0.15) is 0 Å². The number of morpholine rings is 1. The van der Waals surface area contributed by atoms with Gasteiger partial charge in [-0.3, -0.25) is 0 Å². The highest BCUT2D eigenvalue weighted by molar-refractivity contribution is 5.87. The van der Waals surface area contributed by atoms with E-state index in [2.05, 4.69) is 5.32 Å². The summed E-state index contributed by atoms with van der Waals surface area (Å²) in [6.45, 7) is 4.19. The Bertz CT molecular complexity index is 325. The lowest BCUT2D eigenvalue weighted by Gasteiger charge is -2.07. The van der Waals surface area contributed by atoms with E-state index in [4.69, 9.17) is 9.84 Å². The number of hydrogen-bond acceptors (Lipinski definition) is 3. The Hall–Kier alpha value is -1.59. The minimum atomic E-state index is -1.07. The fourth-order valence-electron chi connectivity index (χ4n) is 1.21. The monoisotopic (exact) mass is 225 g/mol. The van der Waals surface area contributed by atoms with Crippen LogP contribution in [-0.2, 0) is 4.74 Å². The molecule has 0 radical (unpaired) electrons. The van der Waals surface area contributed by atoms with E-state index in [9.17, 15) is 9.90 Å². The van der Waals surface area contributed by atoms with Crippen molar-refractivity contribution in [1.29, 1.82) is 0 Å². The molecule has 2 rings (SSSR count). The maximum Gasteiger partial charge on any atom is 0.335 e. The molecule has 5 heteroatoms. The molecule has 1 aliphatic rings. The predicted octanol–water partition coefficient (Wildman–Crippen LogP) is -0.962. The number of carbonyl (C=O) groups is 1. The van der Waals surface area contributed by atoms with Crippen LogP contribution in [0.4, 0.5) is 0 Å². The molecule has 0 unspecified atom stereocenters. The highest BCUT2D eigenvalue weighted by atomic mass is 16.5. The molecule has 3 N–H and O–H groups in total. The van der Waals surface area contributed by atoms with Crippen LogP contribution in [0.2, 0.25) is 0 Å². The van der Waals surface area contributed by atoms with Crippen molar-refractivity contribution in [3.05, 3.63) is 29.8 Å². The molecule has 0 saturated carbocycles. The molecule has 1 heterocycles. The smallest absolute Gasteiger partial charge is 0.335 e. The van der Waals surface area contributed by atoms with E-state index in [0.717, 1.165) is 32.4 Å². The third-order valence-electron chi connectivity index (χ3n) is 2.01. The lowest BCUT2D eigenvalue weighted by atomic mass is 10.2. The van der Waals surface area contributed by atoms with Crippen LogP contribution >= 0.6 is 0 Å². The number of ether oxygens (including phenoxy) is 1. The van der Waals surface area contributed by atoms with Gasteiger partial charge in [0.2, 0.25) is 0 Å². The Balaban J connectivity index is 0.000000181. The van der Waals surface area contributed by atoms with Crippen LogP contribution in [0.1, 0.15) is 10.4 Å². The minimum absolute atomic E-state index is 0.0347. The number of hydrogen-bond donors (Lipinski definition) is 2. The molecule has 1 aliphatic heterocycles. The Morgan fingerprint density at radius 2 is 2.06 bits per heavy atom. The molecule has 5 nitrogen and oxygen atoms in total. The van der Waals surface area contributed by atoms with Crippen molar-refractivity contribution >= 4 is 5.97 Å². The topological polar surface area (TPSA) is 86.2 Å². The van der Waals surface area contributed by atoms with Gasteiger partial charge in [0, 0.05) is 0 Å². The SMILES string of the molecule is C1COCC[NH2+]1.O=C(O)c1cccc([O-])c1. The molecule has 88 valence electrons. The fraction of sp³-hybridized carbons (Fsp3) is 0.364. The second kappa shape index (κ2) is 6.81. The first-order valence-electron chi connectivity index (χ1n) is 5.10. The van der Waals surface area contributed by atoms with E-state index in [1.807, 2.05) is 0 Å². The number of benzene rings is 1. The average molecular weight is 225 g/mol. The zero-order valence-corrected chi connectivity index (χ0v) is 8.89. The first kappa shape index (κ1) is 12.5. The Morgan fingerprint density at radius 1 is 1.38 bits per heavy atom. The van der Waals surface area contributed by atoms with Crippen LogP contribution in [0.15, 0.2) is 24.3 Å². The van der Waals surface area contributed by atoms with Crippen molar-refractivity contribution in [3.8, 4) is 5.75 Å². The van der Waals surface area contributed by atoms with Crippen LogP contribution in [0, 0.1) is 0 Å². The van der Waals surface area contributed by atoms with Crippen LogP contribution in [-0.4, -0.2) is 37.4 Å². The van der Waals surface area contributed by atoms with Gasteiger partial charge in [-0.05, 0) is 6.07 Å². The van der Waals surface area contributed by atoms with Gasteiger partial charge < -0.3 is 20.3 Å². The van der Waals surface area contributed by atoms with Gasteiger partial charge in [0.05, 0.1) is 31.9 Å². The lowest BCUT2D eigenvalue weighted by Crippen LogP contribution is -2.87. The molecule has 0 amide bonds. The molecule has 0 aliphatic carbocycles. The van der Waals surface area contributed by atoms with Crippen molar-refractivity contribution in [1.82, 2.24) is 0 Å². The summed E-state index contributed by atoms with van der Waals surface area (Å²) in [6, 6.07) is 5.20. The third kappa shape index (κ3) is 4.77. The molecular formula is C11H15NO4. The Kier molecular flexibility index (Phi) is 5.31. The van der Waals surface area contributed by atoms with Gasteiger partial charge in [-0.15, -0.1) is 5.75 Å². The van der Waals surface area contributed by atoms with Gasteiger partial charge >= 0.3 is 5.97 Å².